The SMILES string of the molecule is CC/C=C\C/C=C\C/C=C\C/C=C\C/C=C\C/C=C\CCCCCCCCCCCCCCCCCCCCCCCCC(=O)OC(COC(=O)CCCCCCC/C=C\CCCCCCCC)COC(OCC[N+](C)(C)C)C(=O)O. The Morgan fingerprint density at radius 1 is 0.383 bits per heavy atom. The van der Waals surface area contributed by atoms with E-state index < -0.39 is 24.3 Å². The van der Waals surface area contributed by atoms with Gasteiger partial charge in [0.1, 0.15) is 13.2 Å². The number of aliphatic carboxylic acids is 1. The summed E-state index contributed by atoms with van der Waals surface area (Å²) in [7, 11) is 5.97. The highest BCUT2D eigenvalue weighted by molar-refractivity contribution is 5.71. The molecule has 0 aliphatic rings. The Balaban J connectivity index is 3.97. The van der Waals surface area contributed by atoms with E-state index in [-0.39, 0.29) is 32.2 Å². The zero-order valence-corrected chi connectivity index (χ0v) is 53.4. The molecule has 9 heteroatoms. The Labute approximate surface area is 500 Å². The van der Waals surface area contributed by atoms with E-state index in [0.717, 1.165) is 96.3 Å². The van der Waals surface area contributed by atoms with Gasteiger partial charge in [0, 0.05) is 12.8 Å². The van der Waals surface area contributed by atoms with Gasteiger partial charge in [-0.2, -0.15) is 0 Å². The standard InChI is InChI=1S/C72H127NO8/c1-6-8-10-12-14-16-18-20-22-23-24-25-26-27-28-29-30-31-32-33-34-35-36-37-38-39-40-41-42-43-44-45-46-47-49-51-53-55-57-59-61-63-70(75)81-68(67-80-72(71(76)77)78-65-64-73(3,4)5)66-79-69(74)62-60-58-56-54-52-50-48-21-19-17-15-13-11-9-7-2/h8,10,14,16,20-22,24-25,27-28,30-31,48,68,72H,6-7,9,11-13,15,17-19,23,26,29,32-47,49-67H2,1-5H3/p+1/b10-8-,16-14-,22-20-,25-24-,28-27-,31-30-,48-21-. The first kappa shape index (κ1) is 77.5. The van der Waals surface area contributed by atoms with E-state index in [4.69, 9.17) is 18.9 Å². The molecule has 2 unspecified atom stereocenters. The number of unbranched alkanes of at least 4 members (excludes halogenated alkanes) is 33. The summed E-state index contributed by atoms with van der Waals surface area (Å²) in [6.45, 7) is 4.77. The van der Waals surface area contributed by atoms with Crippen LogP contribution in [-0.4, -0.2) is 87.4 Å². The lowest BCUT2D eigenvalue weighted by Crippen LogP contribution is -2.40. The number of nitrogens with zero attached hydrogens (tertiary/aromatic N) is 1. The first-order valence-corrected chi connectivity index (χ1v) is 33.8. The van der Waals surface area contributed by atoms with Crippen LogP contribution in [0.5, 0.6) is 0 Å². The molecular formula is C72H128NO8+. The van der Waals surface area contributed by atoms with Crippen LogP contribution < -0.4 is 0 Å². The van der Waals surface area contributed by atoms with Crippen molar-refractivity contribution in [2.24, 2.45) is 0 Å². The average molecular weight is 1140 g/mol. The maximum Gasteiger partial charge on any atom is 0.361 e. The van der Waals surface area contributed by atoms with E-state index in [1.165, 1.54) is 173 Å². The van der Waals surface area contributed by atoms with Gasteiger partial charge in [-0.05, 0) is 89.9 Å². The zero-order chi connectivity index (χ0) is 59.1. The summed E-state index contributed by atoms with van der Waals surface area (Å²) in [5.41, 5.74) is 0. The number of carbonyl (C=O) groups excluding carboxylic acids is 2. The number of allylic oxidation sites excluding steroid dienone is 14. The molecule has 0 aromatic heterocycles. The molecule has 0 saturated carbocycles. The minimum Gasteiger partial charge on any atom is -0.477 e. The van der Waals surface area contributed by atoms with Crippen molar-refractivity contribution in [1.29, 1.82) is 0 Å². The molecule has 0 aromatic rings. The third kappa shape index (κ3) is 63.9. The Hall–Kier alpha value is -3.53. The quantitative estimate of drug-likeness (QED) is 0.0211. The lowest BCUT2D eigenvalue weighted by atomic mass is 10.0. The van der Waals surface area contributed by atoms with Crippen molar-refractivity contribution < 1.29 is 42.9 Å². The zero-order valence-electron chi connectivity index (χ0n) is 53.4. The van der Waals surface area contributed by atoms with Crippen LogP contribution in [0.25, 0.3) is 0 Å². The normalized spacial score (nSPS) is 13.2. The van der Waals surface area contributed by atoms with Crippen LogP contribution in [0.2, 0.25) is 0 Å². The molecule has 0 fully saturated rings. The summed E-state index contributed by atoms with van der Waals surface area (Å²) in [6, 6.07) is 0. The smallest absolute Gasteiger partial charge is 0.361 e. The minimum atomic E-state index is -1.51. The number of esters is 2. The molecular weight excluding hydrogens is 1010 g/mol. The Bertz CT molecular complexity index is 1600. The fraction of sp³-hybridized carbons (Fsp3) is 0.764. The van der Waals surface area contributed by atoms with E-state index in [2.05, 4.69) is 98.9 Å². The van der Waals surface area contributed by atoms with E-state index in [9.17, 15) is 19.5 Å². The lowest BCUT2D eigenvalue weighted by Gasteiger charge is -2.25. The monoisotopic (exact) mass is 1130 g/mol. The number of ether oxygens (including phenoxy) is 4. The van der Waals surface area contributed by atoms with Gasteiger partial charge >= 0.3 is 17.9 Å². The summed E-state index contributed by atoms with van der Waals surface area (Å²) < 4.78 is 22.9. The van der Waals surface area contributed by atoms with Crippen LogP contribution in [0.1, 0.15) is 296 Å². The van der Waals surface area contributed by atoms with Crippen LogP contribution in [0.15, 0.2) is 85.1 Å². The van der Waals surface area contributed by atoms with Crippen molar-refractivity contribution >= 4 is 17.9 Å². The molecule has 2 atom stereocenters. The van der Waals surface area contributed by atoms with Gasteiger partial charge < -0.3 is 28.5 Å². The molecule has 0 heterocycles. The second kappa shape index (κ2) is 62.5. The number of quaternary nitrogens is 1. The fourth-order valence-electron chi connectivity index (χ4n) is 9.48. The predicted molar refractivity (Wildman–Crippen MR) is 346 cm³/mol. The Morgan fingerprint density at radius 2 is 0.704 bits per heavy atom. The average Bonchev–Trinajstić information content (AvgIpc) is 3.44. The third-order valence-corrected chi connectivity index (χ3v) is 14.6. The molecule has 1 N–H and O–H groups in total. The minimum absolute atomic E-state index is 0.185. The van der Waals surface area contributed by atoms with Gasteiger partial charge in [-0.15, -0.1) is 0 Å². The Kier molecular flexibility index (Phi) is 59.8. The molecule has 0 radical (unpaired) electrons. The summed E-state index contributed by atoms with van der Waals surface area (Å²) in [4.78, 5) is 37.5. The van der Waals surface area contributed by atoms with E-state index in [1.54, 1.807) is 0 Å². The maximum absolute atomic E-state index is 12.9. The van der Waals surface area contributed by atoms with Crippen molar-refractivity contribution in [1.82, 2.24) is 0 Å². The van der Waals surface area contributed by atoms with Crippen molar-refractivity contribution in [3.05, 3.63) is 85.1 Å². The molecule has 0 aliphatic heterocycles. The molecule has 468 valence electrons. The summed E-state index contributed by atoms with van der Waals surface area (Å²) >= 11 is 0. The van der Waals surface area contributed by atoms with Crippen molar-refractivity contribution in [2.45, 2.75) is 309 Å². The van der Waals surface area contributed by atoms with Gasteiger partial charge in [-0.25, -0.2) is 4.79 Å². The highest BCUT2D eigenvalue weighted by Crippen LogP contribution is 2.17. The first-order chi connectivity index (χ1) is 39.6. The van der Waals surface area contributed by atoms with E-state index in [0.29, 0.717) is 17.4 Å². The summed E-state index contributed by atoms with van der Waals surface area (Å²) in [6.07, 6.45) is 81.3. The van der Waals surface area contributed by atoms with Gasteiger partial charge in [0.2, 0.25) is 0 Å². The van der Waals surface area contributed by atoms with Crippen LogP contribution in [0, 0.1) is 0 Å². The molecule has 0 saturated heterocycles. The third-order valence-electron chi connectivity index (χ3n) is 14.6. The molecule has 0 amide bonds. The molecule has 0 aliphatic carbocycles. The van der Waals surface area contributed by atoms with Crippen molar-refractivity contribution in [3.63, 3.8) is 0 Å². The number of rotatable bonds is 62. The topological polar surface area (TPSA) is 108 Å². The Morgan fingerprint density at radius 3 is 1.06 bits per heavy atom. The van der Waals surface area contributed by atoms with Crippen LogP contribution >= 0.6 is 0 Å². The number of carboxylic acid groups (broad SMARTS) is 1. The summed E-state index contributed by atoms with van der Waals surface area (Å²) in [5, 5.41) is 9.71. The van der Waals surface area contributed by atoms with Gasteiger partial charge in [0.25, 0.3) is 6.29 Å². The van der Waals surface area contributed by atoms with Gasteiger partial charge in [0.15, 0.2) is 6.10 Å². The number of hydrogen-bond acceptors (Lipinski definition) is 7. The fourth-order valence-corrected chi connectivity index (χ4v) is 9.48. The second-order valence-electron chi connectivity index (χ2n) is 23.7. The maximum atomic E-state index is 12.9. The summed E-state index contributed by atoms with van der Waals surface area (Å²) in [5.74, 6) is -2.00. The largest absolute Gasteiger partial charge is 0.477 e. The van der Waals surface area contributed by atoms with Gasteiger partial charge in [-0.3, -0.25) is 9.59 Å². The predicted octanol–water partition coefficient (Wildman–Crippen LogP) is 20.7. The van der Waals surface area contributed by atoms with E-state index in [1.807, 2.05) is 21.1 Å². The molecule has 0 spiro atoms. The number of hydrogen-bond donors (Lipinski definition) is 1. The second-order valence-corrected chi connectivity index (χ2v) is 23.7. The molecule has 0 aromatic carbocycles. The highest BCUT2D eigenvalue weighted by Gasteiger charge is 2.25. The van der Waals surface area contributed by atoms with Crippen LogP contribution in [0.3, 0.4) is 0 Å². The lowest BCUT2D eigenvalue weighted by molar-refractivity contribution is -0.870. The van der Waals surface area contributed by atoms with Crippen molar-refractivity contribution in [2.75, 3.05) is 47.5 Å². The molecule has 0 bridgehead atoms. The molecule has 9 nitrogen and oxygen atoms in total. The number of carbonyl (C=O) groups is 3. The van der Waals surface area contributed by atoms with Gasteiger partial charge in [-0.1, -0.05) is 279 Å². The molecule has 0 rings (SSSR count). The highest BCUT2D eigenvalue weighted by atomic mass is 16.7. The van der Waals surface area contributed by atoms with Crippen LogP contribution in [0.4, 0.5) is 0 Å². The van der Waals surface area contributed by atoms with Crippen LogP contribution in [-0.2, 0) is 33.3 Å². The first-order valence-electron chi connectivity index (χ1n) is 33.8. The molecule has 81 heavy (non-hydrogen) atoms. The number of likely N-dealkylation sites (N-methyl/N-ethyl adjacent to an activating group) is 1. The van der Waals surface area contributed by atoms with Crippen molar-refractivity contribution in [3.8, 4) is 0 Å². The number of carboxylic acids is 1. The van der Waals surface area contributed by atoms with E-state index >= 15 is 0 Å². The van der Waals surface area contributed by atoms with Gasteiger partial charge in [0.05, 0.1) is 34.4 Å².